The normalized spacial score (nSPS) is 15.8. The van der Waals surface area contributed by atoms with Crippen LogP contribution in [-0.2, 0) is 14.8 Å². The fraction of sp³-hybridized carbons (Fsp3) is 0.174. The van der Waals surface area contributed by atoms with Crippen LogP contribution in [0.5, 0.6) is 17.2 Å². The molecule has 0 aromatic heterocycles. The number of hydrogen-bond acceptors (Lipinski definition) is 5. The molecule has 1 heterocycles. The van der Waals surface area contributed by atoms with E-state index < -0.39 is 22.0 Å². The summed E-state index contributed by atoms with van der Waals surface area (Å²) in [4.78, 5) is 13.1. The van der Waals surface area contributed by atoms with Gasteiger partial charge in [0.15, 0.2) is 11.9 Å². The molecule has 3 aromatic rings. The molecule has 32 heavy (non-hydrogen) atoms. The maximum Gasteiger partial charge on any atom is 0.265 e. The highest BCUT2D eigenvalue weighted by Gasteiger charge is 2.31. The number of fused-ring (bicyclic) bond motifs is 1. The predicted octanol–water partition coefficient (Wildman–Crippen LogP) is 4.69. The van der Waals surface area contributed by atoms with Gasteiger partial charge in [-0.25, -0.2) is 8.42 Å². The van der Waals surface area contributed by atoms with Crippen LogP contribution in [0.2, 0.25) is 5.02 Å². The van der Waals surface area contributed by atoms with E-state index in [-0.39, 0.29) is 18.7 Å². The van der Waals surface area contributed by atoms with Gasteiger partial charge in [-0.2, -0.15) is 0 Å². The van der Waals surface area contributed by atoms with E-state index in [1.807, 2.05) is 30.3 Å². The second-order valence-electron chi connectivity index (χ2n) is 7.24. The minimum atomic E-state index is -3.59. The van der Waals surface area contributed by atoms with Gasteiger partial charge in [0, 0.05) is 18.0 Å². The second-order valence-corrected chi connectivity index (χ2v) is 9.59. The number of carbonyl (C=O) groups excluding carboxylic acids is 1. The average molecular weight is 473 g/mol. The van der Waals surface area contributed by atoms with Crippen molar-refractivity contribution < 1.29 is 22.7 Å². The van der Waals surface area contributed by atoms with Crippen LogP contribution in [0.1, 0.15) is 6.42 Å². The van der Waals surface area contributed by atoms with Gasteiger partial charge in [0.25, 0.3) is 5.91 Å². The minimum absolute atomic E-state index is 0.0758. The summed E-state index contributed by atoms with van der Waals surface area (Å²) in [6.45, 7) is 0.0758. The molecule has 1 unspecified atom stereocenters. The number of anilines is 2. The Balaban J connectivity index is 1.57. The Morgan fingerprint density at radius 2 is 1.81 bits per heavy atom. The fourth-order valence-corrected chi connectivity index (χ4v) is 4.47. The Labute approximate surface area is 191 Å². The number of nitrogens with one attached hydrogen (secondary N) is 1. The van der Waals surface area contributed by atoms with Crippen molar-refractivity contribution in [2.75, 3.05) is 22.4 Å². The monoisotopic (exact) mass is 472 g/mol. The molecule has 0 bridgehead atoms. The Bertz CT molecular complexity index is 1230. The molecule has 3 aromatic carbocycles. The Hall–Kier alpha value is -3.23. The van der Waals surface area contributed by atoms with E-state index in [1.54, 1.807) is 36.4 Å². The van der Waals surface area contributed by atoms with E-state index in [0.717, 1.165) is 6.26 Å². The SMILES string of the molecule is CS(=O)(=O)N1CCC(C(=O)Nc2ccccc2Oc2ccccc2)Oc2ccc(Cl)cc21. The highest BCUT2D eigenvalue weighted by atomic mass is 35.5. The van der Waals surface area contributed by atoms with Crippen molar-refractivity contribution in [3.8, 4) is 17.2 Å². The van der Waals surface area contributed by atoms with Gasteiger partial charge < -0.3 is 14.8 Å². The molecule has 1 aliphatic rings. The number of carbonyl (C=O) groups is 1. The van der Waals surface area contributed by atoms with E-state index in [0.29, 0.717) is 27.9 Å². The van der Waals surface area contributed by atoms with Crippen LogP contribution < -0.4 is 19.1 Å². The summed E-state index contributed by atoms with van der Waals surface area (Å²) < 4.78 is 37.6. The van der Waals surface area contributed by atoms with Crippen LogP contribution in [0.15, 0.2) is 72.8 Å². The number of nitrogens with zero attached hydrogens (tertiary/aromatic N) is 1. The van der Waals surface area contributed by atoms with E-state index >= 15 is 0 Å². The van der Waals surface area contributed by atoms with Crippen molar-refractivity contribution in [3.63, 3.8) is 0 Å². The smallest absolute Gasteiger partial charge is 0.265 e. The zero-order valence-electron chi connectivity index (χ0n) is 17.2. The zero-order chi connectivity index (χ0) is 22.7. The fourth-order valence-electron chi connectivity index (χ4n) is 3.37. The van der Waals surface area contributed by atoms with Crippen LogP contribution in [0.25, 0.3) is 0 Å². The van der Waals surface area contributed by atoms with Crippen molar-refractivity contribution in [2.24, 2.45) is 0 Å². The Morgan fingerprint density at radius 3 is 2.56 bits per heavy atom. The number of rotatable bonds is 5. The summed E-state index contributed by atoms with van der Waals surface area (Å²) >= 11 is 6.07. The van der Waals surface area contributed by atoms with Gasteiger partial charge in [-0.05, 0) is 42.5 Å². The number of para-hydroxylation sites is 3. The molecule has 1 aliphatic heterocycles. The van der Waals surface area contributed by atoms with Gasteiger partial charge in [0.2, 0.25) is 10.0 Å². The lowest BCUT2D eigenvalue weighted by Crippen LogP contribution is -2.36. The molecule has 166 valence electrons. The molecule has 1 amide bonds. The first kappa shape index (κ1) is 22.0. The van der Waals surface area contributed by atoms with Crippen molar-refractivity contribution in [1.82, 2.24) is 0 Å². The van der Waals surface area contributed by atoms with Crippen molar-refractivity contribution in [3.05, 3.63) is 77.8 Å². The summed E-state index contributed by atoms with van der Waals surface area (Å²) in [7, 11) is -3.59. The molecule has 7 nitrogen and oxygen atoms in total. The van der Waals surface area contributed by atoms with Gasteiger partial charge in [-0.1, -0.05) is 41.9 Å². The molecule has 0 aliphatic carbocycles. The summed E-state index contributed by atoms with van der Waals surface area (Å²) in [5.41, 5.74) is 0.786. The molecule has 9 heteroatoms. The van der Waals surface area contributed by atoms with E-state index in [2.05, 4.69) is 5.32 Å². The third-order valence-corrected chi connectivity index (χ3v) is 6.28. The first-order chi connectivity index (χ1) is 15.3. The Morgan fingerprint density at radius 1 is 1.09 bits per heavy atom. The molecule has 4 rings (SSSR count). The van der Waals surface area contributed by atoms with Gasteiger partial charge in [-0.3, -0.25) is 9.10 Å². The van der Waals surface area contributed by atoms with E-state index in [9.17, 15) is 13.2 Å². The van der Waals surface area contributed by atoms with Crippen LogP contribution >= 0.6 is 11.6 Å². The lowest BCUT2D eigenvalue weighted by atomic mass is 10.2. The highest BCUT2D eigenvalue weighted by Crippen LogP contribution is 2.37. The van der Waals surface area contributed by atoms with Gasteiger partial charge in [-0.15, -0.1) is 0 Å². The molecular weight excluding hydrogens is 452 g/mol. The number of sulfonamides is 1. The maximum atomic E-state index is 13.1. The number of ether oxygens (including phenoxy) is 2. The van der Waals surface area contributed by atoms with Crippen LogP contribution in [0, 0.1) is 0 Å². The molecule has 0 radical (unpaired) electrons. The molecule has 1 N–H and O–H groups in total. The highest BCUT2D eigenvalue weighted by molar-refractivity contribution is 7.92. The van der Waals surface area contributed by atoms with Gasteiger partial charge >= 0.3 is 0 Å². The summed E-state index contributed by atoms with van der Waals surface area (Å²) in [5, 5.41) is 3.21. The molecule has 0 saturated carbocycles. The first-order valence-electron chi connectivity index (χ1n) is 9.88. The summed E-state index contributed by atoms with van der Waals surface area (Å²) in [6, 6.07) is 20.9. The molecule has 0 fully saturated rings. The quantitative estimate of drug-likeness (QED) is 0.582. The average Bonchev–Trinajstić information content (AvgIpc) is 2.95. The van der Waals surface area contributed by atoms with Crippen molar-refractivity contribution >= 4 is 38.9 Å². The van der Waals surface area contributed by atoms with Crippen LogP contribution in [-0.4, -0.2) is 33.2 Å². The van der Waals surface area contributed by atoms with Crippen LogP contribution in [0.3, 0.4) is 0 Å². The number of amides is 1. The summed E-state index contributed by atoms with van der Waals surface area (Å²) in [6.07, 6.45) is 0.355. The van der Waals surface area contributed by atoms with E-state index in [1.165, 1.54) is 10.4 Å². The summed E-state index contributed by atoms with van der Waals surface area (Å²) in [5.74, 6) is 0.969. The molecular formula is C23H21ClN2O5S. The number of benzene rings is 3. The van der Waals surface area contributed by atoms with Crippen LogP contribution in [0.4, 0.5) is 11.4 Å². The third kappa shape index (κ3) is 4.98. The molecule has 0 spiro atoms. The molecule has 0 saturated heterocycles. The van der Waals surface area contributed by atoms with Crippen molar-refractivity contribution in [1.29, 1.82) is 0 Å². The third-order valence-electron chi connectivity index (χ3n) is 4.86. The predicted molar refractivity (Wildman–Crippen MR) is 124 cm³/mol. The lowest BCUT2D eigenvalue weighted by Gasteiger charge is -2.21. The topological polar surface area (TPSA) is 84.9 Å². The van der Waals surface area contributed by atoms with Gasteiger partial charge in [0.1, 0.15) is 11.5 Å². The standard InChI is InChI=1S/C23H21ClN2O5S/c1-32(28,29)26-14-13-22(31-21-12-11-16(24)15-19(21)26)23(27)25-18-9-5-6-10-20(18)30-17-7-3-2-4-8-17/h2-12,15,22H,13-14H2,1H3,(H,25,27). The number of hydrogen-bond donors (Lipinski definition) is 1. The maximum absolute atomic E-state index is 13.1. The molecule has 1 atom stereocenters. The Kier molecular flexibility index (Phi) is 6.25. The van der Waals surface area contributed by atoms with Crippen molar-refractivity contribution in [2.45, 2.75) is 12.5 Å². The van der Waals surface area contributed by atoms with Gasteiger partial charge in [0.05, 0.1) is 17.6 Å². The lowest BCUT2D eigenvalue weighted by molar-refractivity contribution is -0.122. The zero-order valence-corrected chi connectivity index (χ0v) is 18.8. The van der Waals surface area contributed by atoms with E-state index in [4.69, 9.17) is 21.1 Å². The number of halogens is 1. The largest absolute Gasteiger partial charge is 0.478 e. The second kappa shape index (κ2) is 9.10. The first-order valence-corrected chi connectivity index (χ1v) is 12.1. The minimum Gasteiger partial charge on any atom is -0.478 e.